The van der Waals surface area contributed by atoms with Crippen molar-refractivity contribution in [3.05, 3.63) is 58.5 Å². The number of nitrogens with zero attached hydrogens (tertiary/aromatic N) is 2. The summed E-state index contributed by atoms with van der Waals surface area (Å²) >= 11 is 6.01. The molecule has 2 rings (SSSR count). The molecule has 0 radical (unpaired) electrons. The van der Waals surface area contributed by atoms with Crippen molar-refractivity contribution in [1.29, 1.82) is 0 Å². The predicted molar refractivity (Wildman–Crippen MR) is 74.7 cm³/mol. The fourth-order valence-corrected chi connectivity index (χ4v) is 2.10. The molecular formula is C14H12ClFN2O2. The number of carbonyl (C=O) groups is 1. The average Bonchev–Trinajstić information content (AvgIpc) is 2.41. The third kappa shape index (κ3) is 3.05. The van der Waals surface area contributed by atoms with Gasteiger partial charge in [0.05, 0.1) is 10.6 Å². The molecule has 0 atom stereocenters. The van der Waals surface area contributed by atoms with Gasteiger partial charge in [0.25, 0.3) is 0 Å². The van der Waals surface area contributed by atoms with Crippen LogP contribution in [-0.2, 0) is 6.54 Å². The topological polar surface area (TPSA) is 53.4 Å². The second kappa shape index (κ2) is 5.88. The summed E-state index contributed by atoms with van der Waals surface area (Å²) in [6.45, 7) is 0.284. The molecule has 0 fully saturated rings. The minimum atomic E-state index is -1.09. The number of pyridine rings is 1. The van der Waals surface area contributed by atoms with Crippen molar-refractivity contribution in [2.75, 3.05) is 11.9 Å². The van der Waals surface area contributed by atoms with Crippen LogP contribution in [0.1, 0.15) is 15.9 Å². The van der Waals surface area contributed by atoms with Crippen molar-refractivity contribution in [1.82, 2.24) is 4.98 Å². The summed E-state index contributed by atoms with van der Waals surface area (Å²) in [7, 11) is 1.71. The summed E-state index contributed by atoms with van der Waals surface area (Å²) in [5.74, 6) is -1.000. The number of hydrogen-bond donors (Lipinski definition) is 1. The number of hydrogen-bond acceptors (Lipinski definition) is 3. The van der Waals surface area contributed by atoms with Crippen molar-refractivity contribution >= 4 is 23.4 Å². The van der Waals surface area contributed by atoms with Crippen LogP contribution in [0.3, 0.4) is 0 Å². The Hall–Kier alpha value is -2.14. The van der Waals surface area contributed by atoms with Gasteiger partial charge in [-0.2, -0.15) is 0 Å². The average molecular weight is 295 g/mol. The fraction of sp³-hybridized carbons (Fsp3) is 0.143. The molecule has 1 N–H and O–H groups in total. The molecule has 0 bridgehead atoms. The monoisotopic (exact) mass is 294 g/mol. The molecule has 0 aliphatic heterocycles. The maximum atomic E-state index is 13.6. The van der Waals surface area contributed by atoms with Crippen LogP contribution in [0.15, 0.2) is 36.5 Å². The molecule has 2 aromatic rings. The molecular weight excluding hydrogens is 283 g/mol. The maximum Gasteiger partial charge on any atom is 0.337 e. The van der Waals surface area contributed by atoms with Crippen LogP contribution < -0.4 is 4.90 Å². The van der Waals surface area contributed by atoms with E-state index in [1.54, 1.807) is 30.1 Å². The molecule has 1 heterocycles. The molecule has 0 spiro atoms. The van der Waals surface area contributed by atoms with E-state index >= 15 is 0 Å². The molecule has 0 saturated carbocycles. The number of rotatable bonds is 4. The molecule has 0 unspecified atom stereocenters. The molecule has 1 aromatic carbocycles. The Kier molecular flexibility index (Phi) is 4.20. The third-order valence-corrected chi connectivity index (χ3v) is 3.07. The molecule has 20 heavy (non-hydrogen) atoms. The second-order valence-electron chi connectivity index (χ2n) is 4.28. The van der Waals surface area contributed by atoms with Crippen LogP contribution in [-0.4, -0.2) is 23.1 Å². The minimum absolute atomic E-state index is 0.0121. The number of carboxylic acids is 1. The van der Waals surface area contributed by atoms with Crippen LogP contribution >= 0.6 is 11.6 Å². The summed E-state index contributed by atoms with van der Waals surface area (Å²) in [6.07, 6.45) is 1.22. The first-order valence-corrected chi connectivity index (χ1v) is 6.20. The highest BCUT2D eigenvalue weighted by molar-refractivity contribution is 6.33. The lowest BCUT2D eigenvalue weighted by atomic mass is 10.2. The third-order valence-electron chi connectivity index (χ3n) is 2.80. The van der Waals surface area contributed by atoms with Crippen LogP contribution in [0.4, 0.5) is 10.2 Å². The Morgan fingerprint density at radius 2 is 2.15 bits per heavy atom. The van der Waals surface area contributed by atoms with Gasteiger partial charge in [0.15, 0.2) is 0 Å². The Morgan fingerprint density at radius 3 is 2.75 bits per heavy atom. The molecule has 0 aliphatic rings. The van der Waals surface area contributed by atoms with E-state index in [4.69, 9.17) is 16.7 Å². The van der Waals surface area contributed by atoms with E-state index < -0.39 is 5.97 Å². The van der Waals surface area contributed by atoms with E-state index in [1.165, 1.54) is 18.3 Å². The highest BCUT2D eigenvalue weighted by Gasteiger charge is 2.13. The number of anilines is 1. The summed E-state index contributed by atoms with van der Waals surface area (Å²) in [5, 5.41) is 9.06. The molecule has 104 valence electrons. The van der Waals surface area contributed by atoms with E-state index in [-0.39, 0.29) is 22.9 Å². The number of carboxylic acid groups (broad SMARTS) is 1. The standard InChI is InChI=1S/C14H12ClFN2O2/c1-18(8-9-4-2-3-5-12(9)16)13-11(15)6-10(7-17-13)14(19)20/h2-7H,8H2,1H3,(H,19,20). The number of aromatic carboxylic acids is 1. The molecule has 0 amide bonds. The van der Waals surface area contributed by atoms with Crippen molar-refractivity contribution in [3.8, 4) is 0 Å². The van der Waals surface area contributed by atoms with E-state index in [9.17, 15) is 9.18 Å². The highest BCUT2D eigenvalue weighted by Crippen LogP contribution is 2.24. The highest BCUT2D eigenvalue weighted by atomic mass is 35.5. The first kappa shape index (κ1) is 14.3. The van der Waals surface area contributed by atoms with E-state index in [0.717, 1.165) is 0 Å². The zero-order valence-corrected chi connectivity index (χ0v) is 11.4. The SMILES string of the molecule is CN(Cc1ccccc1F)c1ncc(C(=O)O)cc1Cl. The largest absolute Gasteiger partial charge is 0.478 e. The zero-order chi connectivity index (χ0) is 14.7. The van der Waals surface area contributed by atoms with Gasteiger partial charge in [0.1, 0.15) is 11.6 Å². The van der Waals surface area contributed by atoms with Gasteiger partial charge in [-0.1, -0.05) is 29.8 Å². The molecule has 1 aromatic heterocycles. The normalized spacial score (nSPS) is 10.3. The smallest absolute Gasteiger partial charge is 0.337 e. The fourth-order valence-electron chi connectivity index (χ4n) is 1.79. The van der Waals surface area contributed by atoms with Crippen LogP contribution in [0.5, 0.6) is 0 Å². The van der Waals surface area contributed by atoms with Gasteiger partial charge in [0, 0.05) is 25.4 Å². The number of halogens is 2. The van der Waals surface area contributed by atoms with E-state index in [0.29, 0.717) is 11.4 Å². The molecule has 4 nitrogen and oxygen atoms in total. The molecule has 0 saturated heterocycles. The van der Waals surface area contributed by atoms with Gasteiger partial charge in [-0.15, -0.1) is 0 Å². The number of aromatic nitrogens is 1. The lowest BCUT2D eigenvalue weighted by Gasteiger charge is -2.19. The maximum absolute atomic E-state index is 13.6. The van der Waals surface area contributed by atoms with Crippen molar-refractivity contribution in [3.63, 3.8) is 0 Å². The zero-order valence-electron chi connectivity index (χ0n) is 10.7. The molecule has 6 heteroatoms. The predicted octanol–water partition coefficient (Wildman–Crippen LogP) is 3.21. The first-order valence-electron chi connectivity index (χ1n) is 5.82. The summed E-state index contributed by atoms with van der Waals surface area (Å²) < 4.78 is 13.6. The minimum Gasteiger partial charge on any atom is -0.478 e. The second-order valence-corrected chi connectivity index (χ2v) is 4.69. The van der Waals surface area contributed by atoms with Gasteiger partial charge in [-0.3, -0.25) is 0 Å². The Morgan fingerprint density at radius 1 is 1.45 bits per heavy atom. The van der Waals surface area contributed by atoms with Crippen LogP contribution in [0.25, 0.3) is 0 Å². The van der Waals surface area contributed by atoms with Gasteiger partial charge >= 0.3 is 5.97 Å². The van der Waals surface area contributed by atoms with E-state index in [1.807, 2.05) is 0 Å². The summed E-state index contributed by atoms with van der Waals surface area (Å²) in [5.41, 5.74) is 0.521. The van der Waals surface area contributed by atoms with Gasteiger partial charge in [-0.25, -0.2) is 14.2 Å². The van der Waals surface area contributed by atoms with Crippen molar-refractivity contribution in [2.24, 2.45) is 0 Å². The Labute approximate surface area is 120 Å². The quantitative estimate of drug-likeness (QED) is 0.941. The Bertz CT molecular complexity index is 649. The van der Waals surface area contributed by atoms with Crippen molar-refractivity contribution < 1.29 is 14.3 Å². The van der Waals surface area contributed by atoms with Crippen molar-refractivity contribution in [2.45, 2.75) is 6.54 Å². The van der Waals surface area contributed by atoms with E-state index in [2.05, 4.69) is 4.98 Å². The van der Waals surface area contributed by atoms with Gasteiger partial charge < -0.3 is 10.0 Å². The molecule has 0 aliphatic carbocycles. The van der Waals surface area contributed by atoms with Gasteiger partial charge in [0.2, 0.25) is 0 Å². The van der Waals surface area contributed by atoms with Crippen LogP contribution in [0, 0.1) is 5.82 Å². The van der Waals surface area contributed by atoms with Crippen LogP contribution in [0.2, 0.25) is 5.02 Å². The summed E-state index contributed by atoms with van der Waals surface area (Å²) in [4.78, 5) is 16.5. The first-order chi connectivity index (χ1) is 9.49. The Balaban J connectivity index is 2.23. The number of benzene rings is 1. The lowest BCUT2D eigenvalue weighted by molar-refractivity contribution is 0.0696. The summed E-state index contributed by atoms with van der Waals surface area (Å²) in [6, 6.07) is 7.74. The van der Waals surface area contributed by atoms with Gasteiger partial charge in [-0.05, 0) is 12.1 Å². The lowest BCUT2D eigenvalue weighted by Crippen LogP contribution is -2.19.